The number of carbonyl (C=O) groups is 1. The lowest BCUT2D eigenvalue weighted by molar-refractivity contribution is -0.119. The smallest absolute Gasteiger partial charge is 0.255 e. The number of rotatable bonds is 6. The molecule has 0 bridgehead atoms. The number of benzene rings is 1. The minimum Gasteiger partial charge on any atom is -0.484 e. The third kappa shape index (κ3) is 4.27. The molecule has 0 saturated carbocycles. The van der Waals surface area contributed by atoms with Gasteiger partial charge in [0.1, 0.15) is 5.75 Å². The Morgan fingerprint density at radius 2 is 2.05 bits per heavy atom. The molecule has 0 saturated heterocycles. The first-order chi connectivity index (χ1) is 9.24. The molecule has 3 N–H and O–H groups in total. The fraction of sp³-hybridized carbons (Fsp3) is 0.154. The molecule has 0 aliphatic carbocycles. The minimum atomic E-state index is -0.496. The predicted octanol–water partition coefficient (Wildman–Crippen LogP) is 0.953. The highest BCUT2D eigenvalue weighted by molar-refractivity contribution is 5.75. The standard InChI is InChI=1S/C13H14N4O2/c14-13(18)9-19-12-3-1-10(2-4-12)17-8-11-7-15-5-6-16-11/h1-7,17H,8-9H2,(H2,14,18). The Bertz CT molecular complexity index is 528. The Balaban J connectivity index is 1.86. The lowest BCUT2D eigenvalue weighted by Crippen LogP contribution is -2.19. The van der Waals surface area contributed by atoms with E-state index in [1.54, 1.807) is 30.7 Å². The van der Waals surface area contributed by atoms with Crippen molar-refractivity contribution >= 4 is 11.6 Å². The van der Waals surface area contributed by atoms with Gasteiger partial charge in [-0.3, -0.25) is 14.8 Å². The molecule has 0 aliphatic heterocycles. The third-order valence-electron chi connectivity index (χ3n) is 2.33. The van der Waals surface area contributed by atoms with Gasteiger partial charge >= 0.3 is 0 Å². The van der Waals surface area contributed by atoms with Crippen molar-refractivity contribution < 1.29 is 9.53 Å². The van der Waals surface area contributed by atoms with Gasteiger partial charge in [-0.25, -0.2) is 0 Å². The molecule has 1 aromatic heterocycles. The molecule has 0 aliphatic rings. The highest BCUT2D eigenvalue weighted by atomic mass is 16.5. The summed E-state index contributed by atoms with van der Waals surface area (Å²) < 4.78 is 5.16. The Labute approximate surface area is 110 Å². The molecule has 0 unspecified atom stereocenters. The van der Waals surface area contributed by atoms with E-state index in [1.807, 2.05) is 12.1 Å². The number of nitrogens with two attached hydrogens (primary N) is 1. The van der Waals surface area contributed by atoms with Gasteiger partial charge in [0.25, 0.3) is 5.91 Å². The maximum atomic E-state index is 10.6. The van der Waals surface area contributed by atoms with Gasteiger partial charge in [-0.05, 0) is 24.3 Å². The van der Waals surface area contributed by atoms with Crippen LogP contribution in [0.5, 0.6) is 5.75 Å². The summed E-state index contributed by atoms with van der Waals surface area (Å²) in [6.45, 7) is 0.474. The molecule has 0 atom stereocenters. The second kappa shape index (κ2) is 6.34. The number of nitrogens with zero attached hydrogens (tertiary/aromatic N) is 2. The topological polar surface area (TPSA) is 90.1 Å². The minimum absolute atomic E-state index is 0.119. The van der Waals surface area contributed by atoms with Gasteiger partial charge < -0.3 is 15.8 Å². The number of amides is 1. The van der Waals surface area contributed by atoms with Gasteiger partial charge in [0.05, 0.1) is 18.4 Å². The molecule has 98 valence electrons. The third-order valence-corrected chi connectivity index (χ3v) is 2.33. The van der Waals surface area contributed by atoms with Crippen molar-refractivity contribution in [3.05, 3.63) is 48.5 Å². The van der Waals surface area contributed by atoms with Gasteiger partial charge in [0.15, 0.2) is 6.61 Å². The Morgan fingerprint density at radius 1 is 1.26 bits per heavy atom. The van der Waals surface area contributed by atoms with Crippen LogP contribution in [-0.2, 0) is 11.3 Å². The molecule has 2 aromatic rings. The lowest BCUT2D eigenvalue weighted by Gasteiger charge is -2.07. The first-order valence-corrected chi connectivity index (χ1v) is 5.74. The summed E-state index contributed by atoms with van der Waals surface area (Å²) in [5, 5.41) is 3.20. The van der Waals surface area contributed by atoms with Crippen LogP contribution in [0.15, 0.2) is 42.9 Å². The molecular formula is C13H14N4O2. The van der Waals surface area contributed by atoms with Gasteiger partial charge in [0, 0.05) is 18.1 Å². The average molecular weight is 258 g/mol. The number of hydrogen-bond donors (Lipinski definition) is 2. The average Bonchev–Trinajstić information content (AvgIpc) is 2.45. The van der Waals surface area contributed by atoms with Crippen molar-refractivity contribution in [3.8, 4) is 5.75 Å². The summed E-state index contributed by atoms with van der Waals surface area (Å²) in [6.07, 6.45) is 4.99. The second-order valence-electron chi connectivity index (χ2n) is 3.83. The lowest BCUT2D eigenvalue weighted by atomic mass is 10.3. The molecule has 1 heterocycles. The normalized spacial score (nSPS) is 9.89. The predicted molar refractivity (Wildman–Crippen MR) is 70.5 cm³/mol. The van der Waals surface area contributed by atoms with Crippen LogP contribution in [0.25, 0.3) is 0 Å². The zero-order chi connectivity index (χ0) is 13.5. The highest BCUT2D eigenvalue weighted by Gasteiger charge is 1.99. The van der Waals surface area contributed by atoms with Crippen molar-refractivity contribution in [2.75, 3.05) is 11.9 Å². The summed E-state index contributed by atoms with van der Waals surface area (Å²) in [4.78, 5) is 18.7. The number of nitrogens with one attached hydrogen (secondary N) is 1. The monoisotopic (exact) mass is 258 g/mol. The van der Waals surface area contributed by atoms with Crippen LogP contribution in [0.2, 0.25) is 0 Å². The molecule has 6 heteroatoms. The highest BCUT2D eigenvalue weighted by Crippen LogP contribution is 2.15. The van der Waals surface area contributed by atoms with E-state index >= 15 is 0 Å². The number of primary amides is 1. The van der Waals surface area contributed by atoms with Crippen LogP contribution in [-0.4, -0.2) is 22.5 Å². The summed E-state index contributed by atoms with van der Waals surface area (Å²) in [5.41, 5.74) is 6.78. The molecule has 1 aromatic carbocycles. The van der Waals surface area contributed by atoms with Gasteiger partial charge in [0.2, 0.25) is 0 Å². The van der Waals surface area contributed by atoms with Gasteiger partial charge in [-0.1, -0.05) is 0 Å². The quantitative estimate of drug-likeness (QED) is 0.805. The number of anilines is 1. The summed E-state index contributed by atoms with van der Waals surface area (Å²) >= 11 is 0. The molecule has 2 rings (SSSR count). The number of hydrogen-bond acceptors (Lipinski definition) is 5. The molecule has 6 nitrogen and oxygen atoms in total. The van der Waals surface area contributed by atoms with Crippen LogP contribution in [0.1, 0.15) is 5.69 Å². The van der Waals surface area contributed by atoms with E-state index in [2.05, 4.69) is 15.3 Å². The second-order valence-corrected chi connectivity index (χ2v) is 3.83. The maximum absolute atomic E-state index is 10.6. The van der Waals surface area contributed by atoms with Gasteiger partial charge in [-0.2, -0.15) is 0 Å². The fourth-order valence-electron chi connectivity index (χ4n) is 1.44. The fourth-order valence-corrected chi connectivity index (χ4v) is 1.44. The van der Waals surface area contributed by atoms with Crippen LogP contribution >= 0.6 is 0 Å². The van der Waals surface area contributed by atoms with Gasteiger partial charge in [-0.15, -0.1) is 0 Å². The Hall–Kier alpha value is -2.63. The van der Waals surface area contributed by atoms with E-state index < -0.39 is 5.91 Å². The SMILES string of the molecule is NC(=O)COc1ccc(NCc2cnccn2)cc1. The van der Waals surface area contributed by atoms with E-state index in [0.717, 1.165) is 11.4 Å². The number of aromatic nitrogens is 2. The van der Waals surface area contributed by atoms with E-state index in [-0.39, 0.29) is 6.61 Å². The Kier molecular flexibility index (Phi) is 4.28. The Morgan fingerprint density at radius 3 is 2.68 bits per heavy atom. The maximum Gasteiger partial charge on any atom is 0.255 e. The van der Waals surface area contributed by atoms with E-state index in [1.165, 1.54) is 0 Å². The molecule has 0 spiro atoms. The molecule has 1 amide bonds. The molecule has 0 radical (unpaired) electrons. The van der Waals surface area contributed by atoms with Crippen molar-refractivity contribution in [1.82, 2.24) is 9.97 Å². The summed E-state index contributed by atoms with van der Waals surface area (Å²) in [7, 11) is 0. The number of carbonyl (C=O) groups excluding carboxylic acids is 1. The van der Waals surface area contributed by atoms with Crippen molar-refractivity contribution in [1.29, 1.82) is 0 Å². The largest absolute Gasteiger partial charge is 0.484 e. The van der Waals surface area contributed by atoms with Crippen LogP contribution in [0, 0.1) is 0 Å². The van der Waals surface area contributed by atoms with Crippen LogP contribution in [0.4, 0.5) is 5.69 Å². The summed E-state index contributed by atoms with van der Waals surface area (Å²) in [5.74, 6) is 0.105. The van der Waals surface area contributed by atoms with E-state index in [0.29, 0.717) is 12.3 Å². The molecule has 19 heavy (non-hydrogen) atoms. The number of ether oxygens (including phenoxy) is 1. The van der Waals surface area contributed by atoms with E-state index in [4.69, 9.17) is 10.5 Å². The van der Waals surface area contributed by atoms with Crippen LogP contribution < -0.4 is 15.8 Å². The zero-order valence-corrected chi connectivity index (χ0v) is 10.2. The first-order valence-electron chi connectivity index (χ1n) is 5.74. The van der Waals surface area contributed by atoms with Crippen molar-refractivity contribution in [2.45, 2.75) is 6.54 Å². The van der Waals surface area contributed by atoms with Crippen LogP contribution in [0.3, 0.4) is 0 Å². The van der Waals surface area contributed by atoms with Crippen molar-refractivity contribution in [3.63, 3.8) is 0 Å². The molecular weight excluding hydrogens is 244 g/mol. The summed E-state index contributed by atoms with van der Waals surface area (Å²) in [6, 6.07) is 7.24. The first kappa shape index (κ1) is 12.8. The molecule has 0 fully saturated rings. The van der Waals surface area contributed by atoms with Crippen molar-refractivity contribution in [2.24, 2.45) is 5.73 Å². The zero-order valence-electron chi connectivity index (χ0n) is 10.2. The van der Waals surface area contributed by atoms with E-state index in [9.17, 15) is 4.79 Å².